The van der Waals surface area contributed by atoms with Gasteiger partial charge < -0.3 is 14.0 Å². The van der Waals surface area contributed by atoms with E-state index in [9.17, 15) is 14.9 Å². The Kier molecular flexibility index (Phi) is 8.81. The predicted octanol–water partition coefficient (Wildman–Crippen LogP) is 6.56. The van der Waals surface area contributed by atoms with Crippen molar-refractivity contribution in [2.24, 2.45) is 4.99 Å². The molecule has 8 nitrogen and oxygen atoms in total. The van der Waals surface area contributed by atoms with Crippen LogP contribution >= 0.6 is 34.3 Å². The van der Waals surface area contributed by atoms with E-state index in [4.69, 9.17) is 26.1 Å². The second-order valence-electron chi connectivity index (χ2n) is 11.1. The van der Waals surface area contributed by atoms with E-state index < -0.39 is 12.0 Å². The first-order chi connectivity index (χ1) is 22.6. The number of aromatic nitrogens is 2. The highest BCUT2D eigenvalue weighted by Crippen LogP contribution is 2.40. The molecule has 3 aromatic heterocycles. The summed E-state index contributed by atoms with van der Waals surface area (Å²) in [6.45, 7) is 9.82. The van der Waals surface area contributed by atoms with Crippen molar-refractivity contribution < 1.29 is 14.3 Å². The van der Waals surface area contributed by atoms with Crippen LogP contribution in [0.2, 0.25) is 5.02 Å². The largest absolute Gasteiger partial charge is 0.496 e. The van der Waals surface area contributed by atoms with Gasteiger partial charge in [-0.1, -0.05) is 53.3 Å². The third-order valence-electron chi connectivity index (χ3n) is 8.30. The lowest BCUT2D eigenvalue weighted by molar-refractivity contribution is -0.138. The molecule has 238 valence electrons. The maximum absolute atomic E-state index is 14.5. The Morgan fingerprint density at radius 2 is 1.85 bits per heavy atom. The van der Waals surface area contributed by atoms with Gasteiger partial charge in [0, 0.05) is 32.4 Å². The number of methoxy groups -OCH3 is 1. The van der Waals surface area contributed by atoms with Crippen LogP contribution in [0.1, 0.15) is 57.0 Å². The Hall–Kier alpha value is -4.69. The lowest BCUT2D eigenvalue weighted by Crippen LogP contribution is -2.40. The first kappa shape index (κ1) is 32.3. The fraction of sp³-hybridized carbons (Fsp3) is 0.222. The smallest absolute Gasteiger partial charge is 0.338 e. The highest BCUT2D eigenvalue weighted by atomic mass is 35.5. The van der Waals surface area contributed by atoms with E-state index >= 15 is 0 Å². The first-order valence-electron chi connectivity index (χ1n) is 14.9. The van der Waals surface area contributed by atoms with Crippen LogP contribution in [-0.2, 0) is 9.53 Å². The summed E-state index contributed by atoms with van der Waals surface area (Å²) in [6.07, 6.45) is 1.85. The number of nitrogens with zero attached hydrogens (tertiary/aromatic N) is 4. The Bertz CT molecular complexity index is 2320. The average molecular weight is 683 g/mol. The molecule has 0 fully saturated rings. The number of halogens is 1. The van der Waals surface area contributed by atoms with Crippen molar-refractivity contribution in [3.05, 3.63) is 129 Å². The van der Waals surface area contributed by atoms with Gasteiger partial charge in [-0.15, -0.1) is 11.3 Å². The van der Waals surface area contributed by atoms with E-state index in [1.807, 2.05) is 70.2 Å². The number of thiazole rings is 1. The highest BCUT2D eigenvalue weighted by Gasteiger charge is 2.37. The number of hydrogen-bond acceptors (Lipinski definition) is 8. The van der Waals surface area contributed by atoms with Crippen LogP contribution in [0.4, 0.5) is 0 Å². The summed E-state index contributed by atoms with van der Waals surface area (Å²) in [6, 6.07) is 17.9. The molecule has 6 rings (SSSR count). The van der Waals surface area contributed by atoms with Crippen LogP contribution < -0.4 is 19.6 Å². The Labute approximate surface area is 284 Å². The highest BCUT2D eigenvalue weighted by molar-refractivity contribution is 7.15. The van der Waals surface area contributed by atoms with Gasteiger partial charge in [-0.2, -0.15) is 5.26 Å². The SMILES string of the molecule is CCOC(=O)C1=C(c2ccccc2)N=c2s/c(=C\c3cc(C)n(-c4sc(C)c(C)c4C#N)c3C)c(=O)n2[C@@H]1c1cc(Cl)ccc1OC. The quantitative estimate of drug-likeness (QED) is 0.181. The molecule has 1 atom stereocenters. The zero-order valence-electron chi connectivity index (χ0n) is 26.7. The number of ether oxygens (including phenoxy) is 2. The molecule has 4 heterocycles. The zero-order valence-corrected chi connectivity index (χ0v) is 29.1. The lowest BCUT2D eigenvalue weighted by atomic mass is 9.92. The fourth-order valence-corrected chi connectivity index (χ4v) is 8.33. The Morgan fingerprint density at radius 1 is 1.11 bits per heavy atom. The number of aryl methyl sites for hydroxylation is 2. The Balaban J connectivity index is 1.64. The molecule has 2 aromatic carbocycles. The van der Waals surface area contributed by atoms with E-state index in [1.165, 1.54) is 23.0 Å². The van der Waals surface area contributed by atoms with Gasteiger partial charge in [0.05, 0.1) is 35.1 Å². The van der Waals surface area contributed by atoms with E-state index in [1.54, 1.807) is 36.5 Å². The molecular weight excluding hydrogens is 652 g/mol. The standard InChI is InChI=1S/C36H31ClN4O4S2/c1-7-45-35(43)30-31(23-11-9-8-10-12-23)39-36-41(32(30)26-17-25(37)13-14-28(26)44-6)33(42)29(47-36)16-24-15-19(2)40(21(24)4)34-27(18-38)20(3)22(5)46-34/h8-17,32H,7H2,1-6H3/b29-16-/t32-/m1/s1. The molecule has 0 saturated heterocycles. The van der Waals surface area contributed by atoms with Gasteiger partial charge >= 0.3 is 5.97 Å². The van der Waals surface area contributed by atoms with Gasteiger partial charge in [-0.25, -0.2) is 9.79 Å². The number of esters is 1. The van der Waals surface area contributed by atoms with Crippen LogP contribution in [0.3, 0.4) is 0 Å². The van der Waals surface area contributed by atoms with Crippen molar-refractivity contribution in [3.8, 4) is 16.8 Å². The third kappa shape index (κ3) is 5.54. The van der Waals surface area contributed by atoms with E-state index in [0.29, 0.717) is 42.5 Å². The van der Waals surface area contributed by atoms with E-state index in [-0.39, 0.29) is 17.7 Å². The van der Waals surface area contributed by atoms with Gasteiger partial charge in [0.25, 0.3) is 5.56 Å². The van der Waals surface area contributed by atoms with Crippen molar-refractivity contribution in [1.82, 2.24) is 9.13 Å². The number of carbonyl (C=O) groups excluding carboxylic acids is 1. The summed E-state index contributed by atoms with van der Waals surface area (Å²) in [5.74, 6) is -0.127. The molecule has 0 saturated carbocycles. The number of benzene rings is 2. The molecule has 1 aliphatic rings. The number of rotatable bonds is 7. The first-order valence-corrected chi connectivity index (χ1v) is 16.9. The topological polar surface area (TPSA) is 98.6 Å². The number of hydrogen-bond donors (Lipinski definition) is 0. The molecule has 0 amide bonds. The van der Waals surface area contributed by atoms with Gasteiger partial charge in [0.15, 0.2) is 4.80 Å². The summed E-state index contributed by atoms with van der Waals surface area (Å²) in [4.78, 5) is 34.7. The molecule has 0 N–H and O–H groups in total. The van der Waals surface area contributed by atoms with Gasteiger partial charge in [-0.05, 0) is 76.1 Å². The van der Waals surface area contributed by atoms with E-state index in [2.05, 4.69) is 10.6 Å². The van der Waals surface area contributed by atoms with Crippen LogP contribution in [-0.4, -0.2) is 28.8 Å². The summed E-state index contributed by atoms with van der Waals surface area (Å²) in [5, 5.41) is 11.2. The maximum atomic E-state index is 14.5. The van der Waals surface area contributed by atoms with Crippen molar-refractivity contribution >= 4 is 52.0 Å². The molecule has 11 heteroatoms. The number of nitriles is 1. The summed E-state index contributed by atoms with van der Waals surface area (Å²) in [7, 11) is 1.53. The predicted molar refractivity (Wildman–Crippen MR) is 186 cm³/mol. The second kappa shape index (κ2) is 12.8. The third-order valence-corrected chi connectivity index (χ3v) is 10.7. The molecule has 0 unspecified atom stereocenters. The minimum atomic E-state index is -0.931. The maximum Gasteiger partial charge on any atom is 0.338 e. The Morgan fingerprint density at radius 3 is 2.53 bits per heavy atom. The van der Waals surface area contributed by atoms with Crippen molar-refractivity contribution in [2.45, 2.75) is 40.7 Å². The van der Waals surface area contributed by atoms with Crippen LogP contribution in [0.25, 0.3) is 16.8 Å². The number of fused-ring (bicyclic) bond motifs is 1. The monoisotopic (exact) mass is 682 g/mol. The lowest BCUT2D eigenvalue weighted by Gasteiger charge is -2.27. The van der Waals surface area contributed by atoms with Crippen molar-refractivity contribution in [1.29, 1.82) is 5.26 Å². The van der Waals surface area contributed by atoms with Crippen LogP contribution in [0.15, 0.2) is 70.0 Å². The fourth-order valence-electron chi connectivity index (χ4n) is 5.94. The van der Waals surface area contributed by atoms with Gasteiger partial charge in [0.2, 0.25) is 0 Å². The zero-order chi connectivity index (χ0) is 33.6. The molecule has 0 radical (unpaired) electrons. The average Bonchev–Trinajstić information content (AvgIpc) is 3.64. The molecular formula is C36H31ClN4O4S2. The van der Waals surface area contributed by atoms with Crippen molar-refractivity contribution in [3.63, 3.8) is 0 Å². The number of thiophene rings is 1. The second-order valence-corrected chi connectivity index (χ2v) is 13.7. The summed E-state index contributed by atoms with van der Waals surface area (Å²) in [5.41, 5.74) is 5.84. The molecule has 47 heavy (non-hydrogen) atoms. The van der Waals surface area contributed by atoms with Crippen LogP contribution in [0.5, 0.6) is 5.75 Å². The summed E-state index contributed by atoms with van der Waals surface area (Å²) >= 11 is 9.33. The minimum absolute atomic E-state index is 0.140. The molecule has 0 spiro atoms. The van der Waals surface area contributed by atoms with Crippen molar-refractivity contribution in [2.75, 3.05) is 13.7 Å². The van der Waals surface area contributed by atoms with E-state index in [0.717, 1.165) is 32.4 Å². The summed E-state index contributed by atoms with van der Waals surface area (Å²) < 4.78 is 15.3. The number of carbonyl (C=O) groups is 1. The van der Waals surface area contributed by atoms with Gasteiger partial charge in [-0.3, -0.25) is 9.36 Å². The van der Waals surface area contributed by atoms with Gasteiger partial charge in [0.1, 0.15) is 22.9 Å². The van der Waals surface area contributed by atoms with Crippen LogP contribution in [0, 0.1) is 39.0 Å². The molecule has 0 bridgehead atoms. The molecule has 1 aliphatic heterocycles. The minimum Gasteiger partial charge on any atom is -0.496 e. The normalized spacial score (nSPS) is 14.5. The molecule has 0 aliphatic carbocycles. The molecule has 5 aromatic rings.